The molecule has 4 nitrogen and oxygen atoms in total. The predicted molar refractivity (Wildman–Crippen MR) is 82.7 cm³/mol. The number of thioether (sulfide) groups is 1. The maximum atomic E-state index is 11.6. The zero-order valence-electron chi connectivity index (χ0n) is 12.4. The van der Waals surface area contributed by atoms with Crippen molar-refractivity contribution in [3.8, 4) is 0 Å². The summed E-state index contributed by atoms with van der Waals surface area (Å²) in [7, 11) is 1.39. The minimum atomic E-state index is -0.220. The fourth-order valence-electron chi connectivity index (χ4n) is 2.14. The van der Waals surface area contributed by atoms with Crippen LogP contribution in [0.1, 0.15) is 39.0 Å². The minimum Gasteiger partial charge on any atom is -0.469 e. The van der Waals surface area contributed by atoms with Crippen LogP contribution in [0.4, 0.5) is 0 Å². The van der Waals surface area contributed by atoms with E-state index in [1.165, 1.54) is 50.1 Å². The zero-order valence-corrected chi connectivity index (χ0v) is 13.3. The van der Waals surface area contributed by atoms with Crippen LogP contribution in [-0.4, -0.2) is 37.0 Å². The number of carbonyl (C=O) groups is 2. The summed E-state index contributed by atoms with van der Waals surface area (Å²) in [6.45, 7) is 2.53. The summed E-state index contributed by atoms with van der Waals surface area (Å²) in [5.41, 5.74) is 1.48. The first-order valence-electron chi connectivity index (χ1n) is 7.23. The van der Waals surface area contributed by atoms with E-state index in [4.69, 9.17) is 0 Å². The highest BCUT2D eigenvalue weighted by molar-refractivity contribution is 7.99. The second kappa shape index (κ2) is 9.86. The Hall–Kier alpha value is -0.970. The topological polar surface area (TPSA) is 55.4 Å². The minimum absolute atomic E-state index is 0.0449. The number of hydrogen-bond donors (Lipinski definition) is 1. The predicted octanol–water partition coefficient (Wildman–Crippen LogP) is 2.54. The van der Waals surface area contributed by atoms with Crippen molar-refractivity contribution in [2.75, 3.05) is 25.2 Å². The zero-order chi connectivity index (χ0) is 14.8. The van der Waals surface area contributed by atoms with Crippen molar-refractivity contribution in [1.29, 1.82) is 0 Å². The summed E-state index contributed by atoms with van der Waals surface area (Å²) < 4.78 is 4.64. The lowest BCUT2D eigenvalue weighted by atomic mass is 9.97. The summed E-state index contributed by atoms with van der Waals surface area (Å²) in [4.78, 5) is 22.8. The Balaban J connectivity index is 2.05. The molecule has 5 heteroatoms. The number of hydrogen-bond acceptors (Lipinski definition) is 4. The van der Waals surface area contributed by atoms with Crippen LogP contribution in [0.5, 0.6) is 0 Å². The van der Waals surface area contributed by atoms with Gasteiger partial charge in [-0.05, 0) is 32.1 Å². The molecule has 20 heavy (non-hydrogen) atoms. The Bertz CT molecular complexity index is 355. The van der Waals surface area contributed by atoms with E-state index in [2.05, 4.69) is 16.1 Å². The van der Waals surface area contributed by atoms with Gasteiger partial charge in [0.15, 0.2) is 0 Å². The molecular weight excluding hydrogens is 274 g/mol. The second-order valence-corrected chi connectivity index (χ2v) is 6.18. The Kier molecular flexibility index (Phi) is 8.42. The summed E-state index contributed by atoms with van der Waals surface area (Å²) in [5, 5.41) is 2.93. The molecule has 0 aliphatic heterocycles. The normalized spacial score (nSPS) is 16.2. The molecule has 1 aliphatic carbocycles. The van der Waals surface area contributed by atoms with Crippen LogP contribution in [0.15, 0.2) is 11.6 Å². The average molecular weight is 299 g/mol. The number of amides is 1. The molecule has 1 amide bonds. The molecule has 0 aromatic rings. The lowest BCUT2D eigenvalue weighted by Crippen LogP contribution is -2.27. The van der Waals surface area contributed by atoms with Crippen LogP contribution < -0.4 is 5.32 Å². The first-order chi connectivity index (χ1) is 9.63. The molecule has 0 aromatic carbocycles. The van der Waals surface area contributed by atoms with Crippen molar-refractivity contribution >= 4 is 23.6 Å². The smallest absolute Gasteiger partial charge is 0.309 e. The second-order valence-electron chi connectivity index (χ2n) is 5.15. The van der Waals surface area contributed by atoms with E-state index < -0.39 is 0 Å². The quantitative estimate of drug-likeness (QED) is 0.553. The Morgan fingerprint density at radius 1 is 1.45 bits per heavy atom. The molecule has 0 saturated carbocycles. The van der Waals surface area contributed by atoms with E-state index in [-0.39, 0.29) is 17.8 Å². The van der Waals surface area contributed by atoms with Crippen LogP contribution in [-0.2, 0) is 14.3 Å². The molecule has 1 atom stereocenters. The standard InChI is InChI=1S/C15H25NO3S/c1-12(15(18)19-2)10-20-11-14(17)16-9-8-13-6-4-3-5-7-13/h6,12H,3-5,7-11H2,1-2H3,(H,16,17). The van der Waals surface area contributed by atoms with Gasteiger partial charge in [0.1, 0.15) is 0 Å². The lowest BCUT2D eigenvalue weighted by Gasteiger charge is -2.13. The van der Waals surface area contributed by atoms with Crippen LogP contribution in [0.3, 0.4) is 0 Å². The molecular formula is C15H25NO3S. The maximum Gasteiger partial charge on any atom is 0.309 e. The molecule has 114 valence electrons. The van der Waals surface area contributed by atoms with Gasteiger partial charge in [0.05, 0.1) is 18.8 Å². The number of esters is 1. The van der Waals surface area contributed by atoms with Gasteiger partial charge in [0.25, 0.3) is 0 Å². The Labute approximate surface area is 125 Å². The largest absolute Gasteiger partial charge is 0.469 e. The van der Waals surface area contributed by atoms with Crippen molar-refractivity contribution in [2.24, 2.45) is 5.92 Å². The summed E-state index contributed by atoms with van der Waals surface area (Å²) in [6.07, 6.45) is 8.22. The van der Waals surface area contributed by atoms with Gasteiger partial charge in [-0.3, -0.25) is 9.59 Å². The fourth-order valence-corrected chi connectivity index (χ4v) is 3.04. The molecule has 0 aromatic heterocycles. The van der Waals surface area contributed by atoms with E-state index in [1.54, 1.807) is 0 Å². The molecule has 0 saturated heterocycles. The molecule has 0 fully saturated rings. The summed E-state index contributed by atoms with van der Waals surface area (Å²) in [5.74, 6) is 0.682. The van der Waals surface area contributed by atoms with Crippen molar-refractivity contribution in [3.63, 3.8) is 0 Å². The van der Waals surface area contributed by atoms with Gasteiger partial charge in [-0.2, -0.15) is 11.8 Å². The maximum absolute atomic E-state index is 11.6. The van der Waals surface area contributed by atoms with Crippen LogP contribution in [0.2, 0.25) is 0 Å². The van der Waals surface area contributed by atoms with Gasteiger partial charge in [-0.1, -0.05) is 18.6 Å². The monoisotopic (exact) mass is 299 g/mol. The number of allylic oxidation sites excluding steroid dienone is 1. The van der Waals surface area contributed by atoms with E-state index in [9.17, 15) is 9.59 Å². The lowest BCUT2D eigenvalue weighted by molar-refractivity contribution is -0.144. The third-order valence-corrected chi connectivity index (χ3v) is 4.56. The van der Waals surface area contributed by atoms with Gasteiger partial charge in [0.2, 0.25) is 5.91 Å². The van der Waals surface area contributed by atoms with Crippen LogP contribution >= 0.6 is 11.8 Å². The van der Waals surface area contributed by atoms with Gasteiger partial charge in [-0.15, -0.1) is 0 Å². The average Bonchev–Trinajstić information content (AvgIpc) is 2.47. The highest BCUT2D eigenvalue weighted by Gasteiger charge is 2.13. The van der Waals surface area contributed by atoms with Crippen LogP contribution in [0, 0.1) is 5.92 Å². The third-order valence-electron chi connectivity index (χ3n) is 3.36. The molecule has 1 N–H and O–H groups in total. The molecule has 1 unspecified atom stereocenters. The number of rotatable bonds is 8. The van der Waals surface area contributed by atoms with Crippen molar-refractivity contribution < 1.29 is 14.3 Å². The Morgan fingerprint density at radius 3 is 2.90 bits per heavy atom. The van der Waals surface area contributed by atoms with Crippen molar-refractivity contribution in [3.05, 3.63) is 11.6 Å². The fraction of sp³-hybridized carbons (Fsp3) is 0.733. The molecule has 1 rings (SSSR count). The molecule has 0 heterocycles. The summed E-state index contributed by atoms with van der Waals surface area (Å²) >= 11 is 1.47. The van der Waals surface area contributed by atoms with Crippen LogP contribution in [0.25, 0.3) is 0 Å². The van der Waals surface area contributed by atoms with Crippen molar-refractivity contribution in [1.82, 2.24) is 5.32 Å². The number of nitrogens with one attached hydrogen (secondary N) is 1. The molecule has 1 aliphatic rings. The van der Waals surface area contributed by atoms with Crippen molar-refractivity contribution in [2.45, 2.75) is 39.0 Å². The number of carbonyl (C=O) groups excluding carboxylic acids is 2. The van der Waals surface area contributed by atoms with E-state index in [1.807, 2.05) is 6.92 Å². The highest BCUT2D eigenvalue weighted by atomic mass is 32.2. The van der Waals surface area contributed by atoms with E-state index in [0.717, 1.165) is 13.0 Å². The molecule has 0 spiro atoms. The molecule has 0 bridgehead atoms. The summed E-state index contributed by atoms with van der Waals surface area (Å²) in [6, 6.07) is 0. The highest BCUT2D eigenvalue weighted by Crippen LogP contribution is 2.19. The number of methoxy groups -OCH3 is 1. The number of ether oxygens (including phenoxy) is 1. The van der Waals surface area contributed by atoms with Gasteiger partial charge in [-0.25, -0.2) is 0 Å². The van der Waals surface area contributed by atoms with Gasteiger partial charge in [0, 0.05) is 12.3 Å². The first kappa shape index (κ1) is 17.1. The van der Waals surface area contributed by atoms with Gasteiger partial charge < -0.3 is 10.1 Å². The van der Waals surface area contributed by atoms with E-state index >= 15 is 0 Å². The Morgan fingerprint density at radius 2 is 2.25 bits per heavy atom. The molecule has 0 radical (unpaired) electrons. The van der Waals surface area contributed by atoms with Gasteiger partial charge >= 0.3 is 5.97 Å². The first-order valence-corrected chi connectivity index (χ1v) is 8.39. The van der Waals surface area contributed by atoms with E-state index in [0.29, 0.717) is 11.5 Å². The SMILES string of the molecule is COC(=O)C(C)CSCC(=O)NCCC1=CCCCC1. The third kappa shape index (κ3) is 6.98.